The molecule has 0 aliphatic rings. The Hall–Kier alpha value is -1.89. The fourth-order valence-electron chi connectivity index (χ4n) is 1.25. The van der Waals surface area contributed by atoms with Crippen LogP contribution in [-0.2, 0) is 11.9 Å². The average Bonchev–Trinajstić information content (AvgIpc) is 2.61. The molecule has 0 amide bonds. The van der Waals surface area contributed by atoms with Crippen LogP contribution in [0.3, 0.4) is 0 Å². The molecule has 2 rings (SSSR count). The first-order valence-corrected chi connectivity index (χ1v) is 4.28. The third-order valence-electron chi connectivity index (χ3n) is 1.92. The zero-order valence-corrected chi connectivity index (χ0v) is 8.68. The highest BCUT2D eigenvalue weighted by Gasteiger charge is 2.11. The van der Waals surface area contributed by atoms with Crippen molar-refractivity contribution in [1.29, 1.82) is 0 Å². The van der Waals surface area contributed by atoms with Crippen LogP contribution < -0.4 is 10.2 Å². The minimum atomic E-state index is 0.269. The molecule has 2 aromatic heterocycles. The summed E-state index contributed by atoms with van der Waals surface area (Å²) in [5.41, 5.74) is 3.95. The van der Waals surface area contributed by atoms with E-state index in [4.69, 9.17) is 9.57 Å². The van der Waals surface area contributed by atoms with Crippen LogP contribution in [0.2, 0.25) is 0 Å². The Morgan fingerprint density at radius 1 is 1.33 bits per heavy atom. The van der Waals surface area contributed by atoms with Gasteiger partial charge in [-0.15, -0.1) is 0 Å². The van der Waals surface area contributed by atoms with E-state index in [1.54, 1.807) is 10.9 Å². The fraction of sp³-hybridized carbons (Fsp3) is 0.375. The maximum absolute atomic E-state index is 4.97. The van der Waals surface area contributed by atoms with Crippen LogP contribution >= 0.6 is 0 Å². The lowest BCUT2D eigenvalue weighted by Gasteiger charge is -2.04. The SMILES string of the molecule is CONc1nc(OC)nc2c1ncn2C. The van der Waals surface area contributed by atoms with Crippen LogP contribution in [0.4, 0.5) is 5.82 Å². The molecule has 15 heavy (non-hydrogen) atoms. The first kappa shape index (κ1) is 9.66. The lowest BCUT2D eigenvalue weighted by molar-refractivity contribution is 0.268. The predicted octanol–water partition coefficient (Wildman–Crippen LogP) is 0.345. The number of aryl methyl sites for hydroxylation is 1. The van der Waals surface area contributed by atoms with Gasteiger partial charge >= 0.3 is 6.01 Å². The van der Waals surface area contributed by atoms with Crippen molar-refractivity contribution in [2.45, 2.75) is 0 Å². The topological polar surface area (TPSA) is 74.1 Å². The molecular formula is C8H11N5O2. The van der Waals surface area contributed by atoms with Crippen LogP contribution in [0.1, 0.15) is 0 Å². The first-order chi connectivity index (χ1) is 7.26. The Morgan fingerprint density at radius 2 is 2.13 bits per heavy atom. The minimum Gasteiger partial charge on any atom is -0.467 e. The summed E-state index contributed by atoms with van der Waals surface area (Å²) in [5, 5.41) is 0. The van der Waals surface area contributed by atoms with E-state index in [0.29, 0.717) is 17.0 Å². The van der Waals surface area contributed by atoms with Crippen molar-refractivity contribution in [3.05, 3.63) is 6.33 Å². The van der Waals surface area contributed by atoms with Crippen molar-refractivity contribution >= 4 is 17.0 Å². The van der Waals surface area contributed by atoms with E-state index in [-0.39, 0.29) is 6.01 Å². The highest BCUT2D eigenvalue weighted by Crippen LogP contribution is 2.20. The number of hydrogen-bond donors (Lipinski definition) is 1. The maximum Gasteiger partial charge on any atom is 0.320 e. The van der Waals surface area contributed by atoms with Gasteiger partial charge in [0.2, 0.25) is 0 Å². The minimum absolute atomic E-state index is 0.269. The summed E-state index contributed by atoms with van der Waals surface area (Å²) in [6.07, 6.45) is 1.65. The van der Waals surface area contributed by atoms with Gasteiger partial charge in [0.1, 0.15) is 0 Å². The average molecular weight is 209 g/mol. The number of fused-ring (bicyclic) bond motifs is 1. The van der Waals surface area contributed by atoms with E-state index in [2.05, 4.69) is 20.4 Å². The second-order valence-electron chi connectivity index (χ2n) is 2.89. The Labute approximate surface area is 86.0 Å². The second-order valence-corrected chi connectivity index (χ2v) is 2.89. The number of rotatable bonds is 3. The van der Waals surface area contributed by atoms with E-state index >= 15 is 0 Å². The zero-order valence-electron chi connectivity index (χ0n) is 8.68. The van der Waals surface area contributed by atoms with Gasteiger partial charge in [0.15, 0.2) is 17.0 Å². The molecule has 2 aromatic rings. The van der Waals surface area contributed by atoms with E-state index in [9.17, 15) is 0 Å². The molecule has 2 heterocycles. The van der Waals surface area contributed by atoms with Crippen molar-refractivity contribution in [3.8, 4) is 6.01 Å². The Morgan fingerprint density at radius 3 is 2.80 bits per heavy atom. The van der Waals surface area contributed by atoms with Gasteiger partial charge in [0, 0.05) is 7.05 Å². The van der Waals surface area contributed by atoms with Gasteiger partial charge in [0.05, 0.1) is 20.5 Å². The molecule has 0 aliphatic carbocycles. The van der Waals surface area contributed by atoms with Gasteiger partial charge in [-0.25, -0.2) is 10.5 Å². The highest BCUT2D eigenvalue weighted by molar-refractivity contribution is 5.82. The highest BCUT2D eigenvalue weighted by atomic mass is 16.6. The summed E-state index contributed by atoms with van der Waals surface area (Å²) in [4.78, 5) is 17.2. The van der Waals surface area contributed by atoms with Crippen LogP contribution in [0.25, 0.3) is 11.2 Å². The quantitative estimate of drug-likeness (QED) is 0.735. The summed E-state index contributed by atoms with van der Waals surface area (Å²) in [7, 11) is 4.86. The third-order valence-corrected chi connectivity index (χ3v) is 1.92. The van der Waals surface area contributed by atoms with E-state index in [1.165, 1.54) is 14.2 Å². The van der Waals surface area contributed by atoms with Crippen molar-refractivity contribution in [3.63, 3.8) is 0 Å². The van der Waals surface area contributed by atoms with Gasteiger partial charge < -0.3 is 9.30 Å². The number of aromatic nitrogens is 4. The molecule has 80 valence electrons. The van der Waals surface area contributed by atoms with Crippen molar-refractivity contribution in [2.24, 2.45) is 7.05 Å². The molecular weight excluding hydrogens is 198 g/mol. The van der Waals surface area contributed by atoms with Gasteiger partial charge in [-0.2, -0.15) is 9.97 Å². The molecule has 7 nitrogen and oxygen atoms in total. The number of imidazole rings is 1. The smallest absolute Gasteiger partial charge is 0.320 e. The molecule has 0 aromatic carbocycles. The molecule has 0 aliphatic heterocycles. The van der Waals surface area contributed by atoms with E-state index in [0.717, 1.165) is 0 Å². The van der Waals surface area contributed by atoms with Crippen LogP contribution in [0, 0.1) is 0 Å². The third kappa shape index (κ3) is 1.57. The first-order valence-electron chi connectivity index (χ1n) is 4.28. The second kappa shape index (κ2) is 3.70. The monoisotopic (exact) mass is 209 g/mol. The number of ether oxygens (including phenoxy) is 1. The summed E-state index contributed by atoms with van der Waals surface area (Å²) >= 11 is 0. The van der Waals surface area contributed by atoms with Crippen LogP contribution in [0.15, 0.2) is 6.33 Å². The molecule has 0 unspecified atom stereocenters. The molecule has 0 saturated carbocycles. The molecule has 1 N–H and O–H groups in total. The van der Waals surface area contributed by atoms with Crippen LogP contribution in [-0.4, -0.2) is 33.7 Å². The molecule has 0 fully saturated rings. The largest absolute Gasteiger partial charge is 0.467 e. The molecule has 7 heteroatoms. The molecule has 0 radical (unpaired) electrons. The predicted molar refractivity (Wildman–Crippen MR) is 53.5 cm³/mol. The Kier molecular flexibility index (Phi) is 2.38. The summed E-state index contributed by atoms with van der Waals surface area (Å²) in [5.74, 6) is 0.486. The van der Waals surface area contributed by atoms with Crippen LogP contribution in [0.5, 0.6) is 6.01 Å². The lowest BCUT2D eigenvalue weighted by atomic mass is 10.5. The summed E-state index contributed by atoms with van der Waals surface area (Å²) in [6.45, 7) is 0. The molecule has 0 atom stereocenters. The number of methoxy groups -OCH3 is 1. The van der Waals surface area contributed by atoms with Crippen molar-refractivity contribution in [1.82, 2.24) is 19.5 Å². The summed E-state index contributed by atoms with van der Waals surface area (Å²) < 4.78 is 6.75. The van der Waals surface area contributed by atoms with Gasteiger partial charge in [-0.3, -0.25) is 4.84 Å². The number of hydrogen-bond acceptors (Lipinski definition) is 6. The molecule has 0 saturated heterocycles. The van der Waals surface area contributed by atoms with Gasteiger partial charge in [-0.05, 0) is 0 Å². The number of nitrogens with one attached hydrogen (secondary N) is 1. The summed E-state index contributed by atoms with van der Waals surface area (Å²) in [6, 6.07) is 0.269. The number of nitrogens with zero attached hydrogens (tertiary/aromatic N) is 4. The van der Waals surface area contributed by atoms with E-state index < -0.39 is 0 Å². The fourth-order valence-corrected chi connectivity index (χ4v) is 1.25. The Bertz CT molecular complexity index is 481. The normalized spacial score (nSPS) is 10.6. The molecule has 0 spiro atoms. The van der Waals surface area contributed by atoms with Crippen molar-refractivity contribution < 1.29 is 9.57 Å². The standard InChI is InChI=1S/C8H11N5O2/c1-13-4-9-5-6(12-15-3)10-8(14-2)11-7(5)13/h4H,1-3H3,(H,10,11,12). The lowest BCUT2D eigenvalue weighted by Crippen LogP contribution is -2.03. The van der Waals surface area contributed by atoms with Crippen molar-refractivity contribution in [2.75, 3.05) is 19.7 Å². The van der Waals surface area contributed by atoms with Gasteiger partial charge in [-0.1, -0.05) is 0 Å². The Balaban J connectivity index is 2.65. The van der Waals surface area contributed by atoms with E-state index in [1.807, 2.05) is 7.05 Å². The van der Waals surface area contributed by atoms with Gasteiger partial charge in [0.25, 0.3) is 0 Å². The number of anilines is 1. The molecule has 0 bridgehead atoms. The maximum atomic E-state index is 4.97. The zero-order chi connectivity index (χ0) is 10.8.